The van der Waals surface area contributed by atoms with Crippen LogP contribution in [0.15, 0.2) is 0 Å². The zero-order chi connectivity index (χ0) is 10.4. The third-order valence-electron chi connectivity index (χ3n) is 2.87. The molecule has 1 unspecified atom stereocenters. The van der Waals surface area contributed by atoms with Gasteiger partial charge in [0.25, 0.3) is 0 Å². The molecule has 14 heavy (non-hydrogen) atoms. The second-order valence-electron chi connectivity index (χ2n) is 4.01. The van der Waals surface area contributed by atoms with Crippen LogP contribution >= 0.6 is 0 Å². The molecule has 0 aliphatic heterocycles. The minimum atomic E-state index is -0.157. The molecule has 0 spiro atoms. The van der Waals surface area contributed by atoms with E-state index in [9.17, 15) is 4.79 Å². The predicted molar refractivity (Wildman–Crippen MR) is 56.1 cm³/mol. The summed E-state index contributed by atoms with van der Waals surface area (Å²) in [6.07, 6.45) is 5.33. The third-order valence-corrected chi connectivity index (χ3v) is 2.87. The van der Waals surface area contributed by atoms with Gasteiger partial charge in [-0.15, -0.1) is 0 Å². The van der Waals surface area contributed by atoms with Gasteiger partial charge in [-0.1, -0.05) is 19.3 Å². The Bertz CT molecular complexity index is 178. The van der Waals surface area contributed by atoms with Crippen molar-refractivity contribution in [1.82, 2.24) is 5.32 Å². The van der Waals surface area contributed by atoms with Crippen LogP contribution in [-0.2, 0) is 9.53 Å². The highest BCUT2D eigenvalue weighted by atomic mass is 16.5. The van der Waals surface area contributed by atoms with Crippen LogP contribution in [0, 0.1) is 5.92 Å². The Balaban J connectivity index is 2.01. The fourth-order valence-corrected chi connectivity index (χ4v) is 1.64. The number of nitrogens with one attached hydrogen (secondary N) is 1. The summed E-state index contributed by atoms with van der Waals surface area (Å²) in [5.74, 6) is 0.762. The molecule has 1 atom stereocenters. The lowest BCUT2D eigenvalue weighted by Crippen LogP contribution is -2.36. The van der Waals surface area contributed by atoms with Crippen molar-refractivity contribution in [3.05, 3.63) is 0 Å². The van der Waals surface area contributed by atoms with Gasteiger partial charge in [0.15, 0.2) is 0 Å². The number of esters is 1. The van der Waals surface area contributed by atoms with Crippen molar-refractivity contribution in [3.8, 4) is 0 Å². The number of rotatable bonds is 6. The summed E-state index contributed by atoms with van der Waals surface area (Å²) in [7, 11) is 0. The first-order chi connectivity index (χ1) is 6.74. The van der Waals surface area contributed by atoms with Crippen LogP contribution < -0.4 is 5.32 Å². The summed E-state index contributed by atoms with van der Waals surface area (Å²) in [6, 6.07) is -0.157. The zero-order valence-corrected chi connectivity index (χ0v) is 9.21. The lowest BCUT2D eigenvalue weighted by molar-refractivity contribution is -0.145. The van der Waals surface area contributed by atoms with Gasteiger partial charge in [0, 0.05) is 0 Å². The lowest BCUT2D eigenvalue weighted by atomic mass is 9.83. The average Bonchev–Trinajstić information content (AvgIpc) is 2.09. The summed E-state index contributed by atoms with van der Waals surface area (Å²) in [4.78, 5) is 11.2. The normalized spacial score (nSPS) is 18.7. The molecule has 3 heteroatoms. The first kappa shape index (κ1) is 11.5. The smallest absolute Gasteiger partial charge is 0.322 e. The Morgan fingerprint density at radius 3 is 2.79 bits per heavy atom. The number of hydrogen-bond acceptors (Lipinski definition) is 3. The van der Waals surface area contributed by atoms with Crippen molar-refractivity contribution in [1.29, 1.82) is 0 Å². The van der Waals surface area contributed by atoms with Gasteiger partial charge in [-0.25, -0.2) is 0 Å². The molecule has 1 N–H and O–H groups in total. The molecule has 1 rings (SSSR count). The highest BCUT2D eigenvalue weighted by Crippen LogP contribution is 2.28. The quantitative estimate of drug-likeness (QED) is 0.662. The fourth-order valence-electron chi connectivity index (χ4n) is 1.64. The van der Waals surface area contributed by atoms with Gasteiger partial charge in [0.05, 0.1) is 6.61 Å². The van der Waals surface area contributed by atoms with Crippen LogP contribution in [0.1, 0.15) is 39.5 Å². The highest BCUT2D eigenvalue weighted by Gasteiger charge is 2.18. The number of ether oxygens (including phenoxy) is 1. The SMILES string of the molecule is CCOC(=O)C(C)NCCC1CCC1. The topological polar surface area (TPSA) is 38.3 Å². The van der Waals surface area contributed by atoms with Crippen molar-refractivity contribution < 1.29 is 9.53 Å². The van der Waals surface area contributed by atoms with E-state index in [0.29, 0.717) is 6.61 Å². The van der Waals surface area contributed by atoms with Crippen LogP contribution in [0.2, 0.25) is 0 Å². The summed E-state index contributed by atoms with van der Waals surface area (Å²) in [5.41, 5.74) is 0. The van der Waals surface area contributed by atoms with Gasteiger partial charge in [-0.3, -0.25) is 4.79 Å². The van der Waals surface area contributed by atoms with Gasteiger partial charge in [0.2, 0.25) is 0 Å². The summed E-state index contributed by atoms with van der Waals surface area (Å²) in [6.45, 7) is 5.09. The van der Waals surface area contributed by atoms with E-state index < -0.39 is 0 Å². The molecule has 0 radical (unpaired) electrons. The van der Waals surface area contributed by atoms with Gasteiger partial charge in [-0.2, -0.15) is 0 Å². The van der Waals surface area contributed by atoms with E-state index in [-0.39, 0.29) is 12.0 Å². The standard InChI is InChI=1S/C11H21NO2/c1-3-14-11(13)9(2)12-8-7-10-5-4-6-10/h9-10,12H,3-8H2,1-2H3. The van der Waals surface area contributed by atoms with Gasteiger partial charge >= 0.3 is 5.97 Å². The molecular formula is C11H21NO2. The van der Waals surface area contributed by atoms with Gasteiger partial charge < -0.3 is 10.1 Å². The maximum Gasteiger partial charge on any atom is 0.322 e. The maximum atomic E-state index is 11.2. The lowest BCUT2D eigenvalue weighted by Gasteiger charge is -2.25. The minimum absolute atomic E-state index is 0.138. The first-order valence-corrected chi connectivity index (χ1v) is 5.64. The minimum Gasteiger partial charge on any atom is -0.465 e. The fraction of sp³-hybridized carbons (Fsp3) is 0.909. The van der Waals surface area contributed by atoms with Crippen molar-refractivity contribution in [2.45, 2.75) is 45.6 Å². The Kier molecular flexibility index (Phi) is 4.94. The Labute approximate surface area is 86.2 Å². The molecule has 3 nitrogen and oxygen atoms in total. The molecule has 0 aromatic carbocycles. The van der Waals surface area contributed by atoms with Crippen molar-refractivity contribution in [2.75, 3.05) is 13.2 Å². The molecule has 1 aliphatic rings. The summed E-state index contributed by atoms with van der Waals surface area (Å²) >= 11 is 0. The average molecular weight is 199 g/mol. The molecule has 0 saturated heterocycles. The Hall–Kier alpha value is -0.570. The predicted octanol–water partition coefficient (Wildman–Crippen LogP) is 1.72. The molecule has 0 aromatic rings. The van der Waals surface area contributed by atoms with Gasteiger partial charge in [-0.05, 0) is 32.7 Å². The second-order valence-corrected chi connectivity index (χ2v) is 4.01. The molecule has 1 fully saturated rings. The second kappa shape index (κ2) is 6.02. The Morgan fingerprint density at radius 1 is 1.57 bits per heavy atom. The Morgan fingerprint density at radius 2 is 2.29 bits per heavy atom. The number of carbonyl (C=O) groups excluding carboxylic acids is 1. The van der Waals surface area contributed by atoms with E-state index in [1.165, 1.54) is 25.7 Å². The summed E-state index contributed by atoms with van der Waals surface area (Å²) < 4.78 is 4.90. The van der Waals surface area contributed by atoms with Crippen LogP contribution in [0.25, 0.3) is 0 Å². The first-order valence-electron chi connectivity index (χ1n) is 5.64. The monoisotopic (exact) mass is 199 g/mol. The highest BCUT2D eigenvalue weighted by molar-refractivity contribution is 5.75. The van der Waals surface area contributed by atoms with E-state index in [0.717, 1.165) is 12.5 Å². The van der Waals surface area contributed by atoms with Crippen molar-refractivity contribution in [3.63, 3.8) is 0 Å². The number of carbonyl (C=O) groups is 1. The molecule has 1 aliphatic carbocycles. The largest absolute Gasteiger partial charge is 0.465 e. The van der Waals surface area contributed by atoms with E-state index >= 15 is 0 Å². The van der Waals surface area contributed by atoms with E-state index in [1.54, 1.807) is 0 Å². The molecule has 0 bridgehead atoms. The molecule has 0 aromatic heterocycles. The van der Waals surface area contributed by atoms with E-state index in [1.807, 2.05) is 13.8 Å². The van der Waals surface area contributed by atoms with Crippen molar-refractivity contribution >= 4 is 5.97 Å². The van der Waals surface area contributed by atoms with E-state index in [4.69, 9.17) is 4.74 Å². The number of hydrogen-bond donors (Lipinski definition) is 1. The third kappa shape index (κ3) is 3.66. The van der Waals surface area contributed by atoms with Crippen LogP contribution in [0.3, 0.4) is 0 Å². The van der Waals surface area contributed by atoms with Crippen LogP contribution in [-0.4, -0.2) is 25.2 Å². The van der Waals surface area contributed by atoms with Crippen molar-refractivity contribution in [2.24, 2.45) is 5.92 Å². The summed E-state index contributed by atoms with van der Waals surface area (Å²) in [5, 5.41) is 3.19. The van der Waals surface area contributed by atoms with Crippen LogP contribution in [0.5, 0.6) is 0 Å². The molecule has 0 heterocycles. The zero-order valence-electron chi connectivity index (χ0n) is 9.21. The molecular weight excluding hydrogens is 178 g/mol. The molecule has 0 amide bonds. The van der Waals surface area contributed by atoms with Gasteiger partial charge in [0.1, 0.15) is 6.04 Å². The maximum absolute atomic E-state index is 11.2. The van der Waals surface area contributed by atoms with Crippen LogP contribution in [0.4, 0.5) is 0 Å². The molecule has 1 saturated carbocycles. The molecule has 82 valence electrons. The van der Waals surface area contributed by atoms with E-state index in [2.05, 4.69) is 5.32 Å².